The molecule has 0 heterocycles. The number of hydrogen-bond acceptors (Lipinski definition) is 0. The van der Waals surface area contributed by atoms with E-state index in [9.17, 15) is 0 Å². The van der Waals surface area contributed by atoms with Gasteiger partial charge < -0.3 is 17.0 Å². The number of hydrogen-bond donors (Lipinski definition) is 0. The fourth-order valence-corrected chi connectivity index (χ4v) is 8.48. The SMILES string of the molecule is BrCCCCCCCC=CC[P+](c1ccccc1)(c1ccccc1)c1ccccc1.[Br-]. The highest BCUT2D eigenvalue weighted by atomic mass is 79.9. The van der Waals surface area contributed by atoms with Crippen LogP contribution in [0.2, 0.25) is 0 Å². The number of rotatable bonds is 12. The summed E-state index contributed by atoms with van der Waals surface area (Å²) < 4.78 is 0. The minimum atomic E-state index is -1.72. The quantitative estimate of drug-likeness (QED) is 0.134. The number of alkyl halides is 1. The first-order chi connectivity index (χ1) is 14.9. The van der Waals surface area contributed by atoms with Crippen LogP contribution < -0.4 is 32.9 Å². The highest BCUT2D eigenvalue weighted by Crippen LogP contribution is 2.55. The second-order valence-electron chi connectivity index (χ2n) is 7.72. The topological polar surface area (TPSA) is 0 Å². The van der Waals surface area contributed by atoms with Gasteiger partial charge in [-0.3, -0.25) is 0 Å². The van der Waals surface area contributed by atoms with Gasteiger partial charge in [-0.25, -0.2) is 0 Å². The maximum atomic E-state index is 3.52. The molecular formula is C28H33Br2P. The highest BCUT2D eigenvalue weighted by molar-refractivity contribution is 9.09. The minimum Gasteiger partial charge on any atom is -1.00 e. The van der Waals surface area contributed by atoms with Crippen LogP contribution in [0.5, 0.6) is 0 Å². The Morgan fingerprint density at radius 1 is 0.548 bits per heavy atom. The van der Waals surface area contributed by atoms with Gasteiger partial charge in [0.2, 0.25) is 0 Å². The molecule has 0 radical (unpaired) electrons. The van der Waals surface area contributed by atoms with Gasteiger partial charge in [-0.15, -0.1) is 0 Å². The zero-order valence-electron chi connectivity index (χ0n) is 18.2. The van der Waals surface area contributed by atoms with Crippen molar-refractivity contribution in [2.75, 3.05) is 11.5 Å². The van der Waals surface area contributed by atoms with Gasteiger partial charge >= 0.3 is 0 Å². The Labute approximate surface area is 208 Å². The van der Waals surface area contributed by atoms with Crippen LogP contribution in [0, 0.1) is 0 Å². The van der Waals surface area contributed by atoms with Crippen LogP contribution in [0.3, 0.4) is 0 Å². The smallest absolute Gasteiger partial charge is 0.115 e. The third-order valence-corrected chi connectivity index (χ3v) is 10.5. The molecule has 0 unspecified atom stereocenters. The van der Waals surface area contributed by atoms with Crippen molar-refractivity contribution in [1.29, 1.82) is 0 Å². The van der Waals surface area contributed by atoms with Crippen LogP contribution in [-0.2, 0) is 0 Å². The van der Waals surface area contributed by atoms with Crippen LogP contribution in [0.1, 0.15) is 38.5 Å². The van der Waals surface area contributed by atoms with Gasteiger partial charge in [-0.05, 0) is 55.7 Å². The van der Waals surface area contributed by atoms with E-state index in [1.54, 1.807) is 0 Å². The molecule has 0 aliphatic rings. The van der Waals surface area contributed by atoms with Gasteiger partial charge in [0.1, 0.15) is 23.2 Å². The monoisotopic (exact) mass is 558 g/mol. The zero-order chi connectivity index (χ0) is 20.9. The molecule has 3 rings (SSSR count). The van der Waals surface area contributed by atoms with Crippen LogP contribution in [0.4, 0.5) is 0 Å². The van der Waals surface area contributed by atoms with Crippen LogP contribution >= 0.6 is 23.2 Å². The van der Waals surface area contributed by atoms with Crippen molar-refractivity contribution in [2.24, 2.45) is 0 Å². The molecule has 0 N–H and O–H groups in total. The van der Waals surface area contributed by atoms with Crippen LogP contribution in [0.25, 0.3) is 0 Å². The molecule has 0 aromatic heterocycles. The summed E-state index contributed by atoms with van der Waals surface area (Å²) in [5.74, 6) is 0. The van der Waals surface area contributed by atoms with Crippen LogP contribution in [0.15, 0.2) is 103 Å². The Morgan fingerprint density at radius 3 is 1.42 bits per heavy atom. The van der Waals surface area contributed by atoms with E-state index < -0.39 is 7.26 Å². The van der Waals surface area contributed by atoms with Gasteiger partial charge in [0.15, 0.2) is 0 Å². The zero-order valence-corrected chi connectivity index (χ0v) is 22.2. The van der Waals surface area contributed by atoms with Gasteiger partial charge in [0.25, 0.3) is 0 Å². The number of benzene rings is 3. The summed E-state index contributed by atoms with van der Waals surface area (Å²) in [4.78, 5) is 0. The third kappa shape index (κ3) is 7.41. The molecule has 0 atom stereocenters. The van der Waals surface area contributed by atoms with E-state index in [-0.39, 0.29) is 17.0 Å². The van der Waals surface area contributed by atoms with Crippen molar-refractivity contribution in [3.05, 3.63) is 103 Å². The van der Waals surface area contributed by atoms with E-state index in [1.807, 2.05) is 0 Å². The first-order valence-corrected chi connectivity index (χ1v) is 14.2. The molecule has 3 aromatic carbocycles. The van der Waals surface area contributed by atoms with Crippen molar-refractivity contribution in [1.82, 2.24) is 0 Å². The molecule has 0 saturated heterocycles. The minimum absolute atomic E-state index is 0. The molecule has 3 heteroatoms. The van der Waals surface area contributed by atoms with Crippen molar-refractivity contribution >= 4 is 39.1 Å². The predicted molar refractivity (Wildman–Crippen MR) is 141 cm³/mol. The van der Waals surface area contributed by atoms with Crippen LogP contribution in [-0.4, -0.2) is 11.5 Å². The summed E-state index contributed by atoms with van der Waals surface area (Å²) in [5, 5.41) is 5.52. The Balaban J connectivity index is 0.00000341. The second-order valence-corrected chi connectivity index (χ2v) is 12.0. The largest absolute Gasteiger partial charge is 1.00 e. The number of unbranched alkanes of at least 4 members (excludes halogenated alkanes) is 5. The molecule has 0 nitrogen and oxygen atoms in total. The fourth-order valence-electron chi connectivity index (χ4n) is 4.05. The van der Waals surface area contributed by atoms with E-state index in [4.69, 9.17) is 0 Å². The van der Waals surface area contributed by atoms with E-state index in [1.165, 1.54) is 54.4 Å². The molecule has 3 aromatic rings. The van der Waals surface area contributed by atoms with Crippen molar-refractivity contribution in [3.8, 4) is 0 Å². The molecule has 0 spiro atoms. The van der Waals surface area contributed by atoms with Gasteiger partial charge in [-0.1, -0.05) is 102 Å². The summed E-state index contributed by atoms with van der Waals surface area (Å²) in [6, 6.07) is 33.4. The standard InChI is InChI=1S/C28H33BrP.BrH/c29-24-16-5-3-1-2-4-6-17-25-30(26-18-10-7-11-19-26,27-20-12-8-13-21-27)28-22-14-9-15-23-28;/h6-15,17-23H,1-5,16,24-25H2;1H/q+1;/p-1. The molecule has 31 heavy (non-hydrogen) atoms. The van der Waals surface area contributed by atoms with Crippen molar-refractivity contribution in [2.45, 2.75) is 38.5 Å². The maximum absolute atomic E-state index is 3.52. The van der Waals surface area contributed by atoms with Gasteiger partial charge in [0, 0.05) is 5.33 Å². The first kappa shape index (κ1) is 26.0. The summed E-state index contributed by atoms with van der Waals surface area (Å²) in [6.07, 6.45) is 13.8. The summed E-state index contributed by atoms with van der Waals surface area (Å²) in [5.41, 5.74) is 0. The lowest BCUT2D eigenvalue weighted by Gasteiger charge is -2.26. The molecule has 164 valence electrons. The van der Waals surface area contributed by atoms with Crippen molar-refractivity contribution < 1.29 is 17.0 Å². The lowest BCUT2D eigenvalue weighted by Crippen LogP contribution is -3.00. The molecular weight excluding hydrogens is 527 g/mol. The van der Waals surface area contributed by atoms with Gasteiger partial charge in [0.05, 0.1) is 6.16 Å². The molecule has 0 aliphatic carbocycles. The fraction of sp³-hybridized carbons (Fsp3) is 0.286. The normalized spacial score (nSPS) is 11.4. The molecule has 0 aliphatic heterocycles. The Morgan fingerprint density at radius 2 is 0.968 bits per heavy atom. The molecule has 0 amide bonds. The predicted octanol–water partition coefficient (Wildman–Crippen LogP) is 4.28. The molecule has 0 bridgehead atoms. The molecule has 0 fully saturated rings. The summed E-state index contributed by atoms with van der Waals surface area (Å²) in [7, 11) is -1.72. The van der Waals surface area contributed by atoms with E-state index in [0.29, 0.717) is 0 Å². The van der Waals surface area contributed by atoms with Crippen molar-refractivity contribution in [3.63, 3.8) is 0 Å². The van der Waals surface area contributed by atoms with E-state index in [0.717, 1.165) is 11.5 Å². The average molecular weight is 560 g/mol. The number of allylic oxidation sites excluding steroid dienone is 2. The lowest BCUT2D eigenvalue weighted by molar-refractivity contribution is -0.00000585. The Bertz CT molecular complexity index is 767. The lowest BCUT2D eigenvalue weighted by atomic mass is 10.1. The Kier molecular flexibility index (Phi) is 12.4. The Hall–Kier alpha value is -1.21. The maximum Gasteiger partial charge on any atom is 0.115 e. The number of halogens is 2. The van der Waals surface area contributed by atoms with E-state index in [2.05, 4.69) is 119 Å². The average Bonchev–Trinajstić information content (AvgIpc) is 2.82. The summed E-state index contributed by atoms with van der Waals surface area (Å²) >= 11 is 3.52. The van der Waals surface area contributed by atoms with E-state index >= 15 is 0 Å². The summed E-state index contributed by atoms with van der Waals surface area (Å²) in [6.45, 7) is 0. The third-order valence-electron chi connectivity index (χ3n) is 5.64. The highest BCUT2D eigenvalue weighted by Gasteiger charge is 2.43. The second kappa shape index (κ2) is 14.8. The first-order valence-electron chi connectivity index (χ1n) is 11.1. The molecule has 0 saturated carbocycles. The van der Waals surface area contributed by atoms with Gasteiger partial charge in [-0.2, -0.15) is 0 Å².